The molecule has 0 N–H and O–H groups in total. The molecule has 0 bridgehead atoms. The van der Waals surface area contributed by atoms with E-state index in [2.05, 4.69) is 21.1 Å². The van der Waals surface area contributed by atoms with Crippen molar-refractivity contribution in [1.82, 2.24) is 0 Å². The first-order valence-electron chi connectivity index (χ1n) is 3.79. The van der Waals surface area contributed by atoms with Gasteiger partial charge in [0.15, 0.2) is 0 Å². The van der Waals surface area contributed by atoms with Crippen LogP contribution in [0.2, 0.25) is 0 Å². The van der Waals surface area contributed by atoms with Gasteiger partial charge in [-0.25, -0.2) is 0 Å². The Morgan fingerprint density at radius 3 is 2.73 bits per heavy atom. The van der Waals surface area contributed by atoms with Gasteiger partial charge in [0, 0.05) is 6.42 Å². The van der Waals surface area contributed by atoms with Gasteiger partial charge in [0.25, 0.3) is 0 Å². The summed E-state index contributed by atoms with van der Waals surface area (Å²) in [5.74, 6) is 2.44. The molecular formula is C7H10BrNOS. The highest BCUT2D eigenvalue weighted by molar-refractivity contribution is 9.18. The van der Waals surface area contributed by atoms with E-state index in [0.717, 1.165) is 23.9 Å². The number of hydrogen-bond acceptors (Lipinski definition) is 3. The van der Waals surface area contributed by atoms with E-state index < -0.39 is 0 Å². The molecule has 0 atom stereocenters. The van der Waals surface area contributed by atoms with Crippen molar-refractivity contribution in [2.45, 2.75) is 24.9 Å². The molecule has 2 rings (SSSR count). The summed E-state index contributed by atoms with van der Waals surface area (Å²) < 4.78 is 0.976. The molecule has 62 valence electrons. The second-order valence-corrected chi connectivity index (χ2v) is 5.17. The normalized spacial score (nSPS) is 28.3. The third-order valence-electron chi connectivity index (χ3n) is 2.21. The predicted octanol–water partition coefficient (Wildman–Crippen LogP) is 2.38. The van der Waals surface area contributed by atoms with Gasteiger partial charge in [0.1, 0.15) is 10.2 Å². The van der Waals surface area contributed by atoms with Crippen LogP contribution in [-0.2, 0) is 4.84 Å². The van der Waals surface area contributed by atoms with Crippen LogP contribution in [-0.4, -0.2) is 21.7 Å². The molecule has 1 spiro atoms. The second kappa shape index (κ2) is 2.98. The summed E-state index contributed by atoms with van der Waals surface area (Å²) in [5.41, 5.74) is 0.0735. The van der Waals surface area contributed by atoms with Crippen molar-refractivity contribution in [1.29, 1.82) is 0 Å². The van der Waals surface area contributed by atoms with E-state index in [4.69, 9.17) is 4.84 Å². The molecule has 0 radical (unpaired) electrons. The predicted molar refractivity (Wildman–Crippen MR) is 51.4 cm³/mol. The Hall–Kier alpha value is 0.300. The van der Waals surface area contributed by atoms with E-state index in [-0.39, 0.29) is 5.60 Å². The molecule has 1 saturated heterocycles. The molecule has 2 nitrogen and oxygen atoms in total. The molecule has 0 aromatic carbocycles. The summed E-state index contributed by atoms with van der Waals surface area (Å²) in [7, 11) is 0. The van der Waals surface area contributed by atoms with Gasteiger partial charge in [-0.2, -0.15) is 11.8 Å². The molecule has 2 heterocycles. The van der Waals surface area contributed by atoms with Crippen molar-refractivity contribution in [2.24, 2.45) is 5.16 Å². The fraction of sp³-hybridized carbons (Fsp3) is 0.857. The molecule has 0 unspecified atom stereocenters. The van der Waals surface area contributed by atoms with Gasteiger partial charge in [0.05, 0.1) is 0 Å². The molecule has 0 aliphatic carbocycles. The first-order valence-corrected chi connectivity index (χ1v) is 5.74. The van der Waals surface area contributed by atoms with Crippen LogP contribution in [0.25, 0.3) is 0 Å². The lowest BCUT2D eigenvalue weighted by Crippen LogP contribution is -2.33. The minimum atomic E-state index is 0.0735. The van der Waals surface area contributed by atoms with E-state index >= 15 is 0 Å². The fourth-order valence-electron chi connectivity index (χ4n) is 1.49. The van der Waals surface area contributed by atoms with Crippen molar-refractivity contribution in [3.63, 3.8) is 0 Å². The number of hydrogen-bond donors (Lipinski definition) is 0. The largest absolute Gasteiger partial charge is 0.388 e. The monoisotopic (exact) mass is 235 g/mol. The van der Waals surface area contributed by atoms with Gasteiger partial charge in [0.2, 0.25) is 0 Å². The van der Waals surface area contributed by atoms with E-state index in [1.54, 1.807) is 0 Å². The molecule has 1 fully saturated rings. The third kappa shape index (κ3) is 1.56. The smallest absolute Gasteiger partial charge is 0.145 e. The summed E-state index contributed by atoms with van der Waals surface area (Å²) in [6, 6.07) is 0. The molecule has 0 aromatic heterocycles. The highest BCUT2D eigenvalue weighted by Crippen LogP contribution is 2.38. The standard InChI is InChI=1S/C7H10BrNOS/c8-6-5-7(10-9-6)1-3-11-4-2-7/h1-5H2. The van der Waals surface area contributed by atoms with E-state index in [1.165, 1.54) is 11.5 Å². The second-order valence-electron chi connectivity index (χ2n) is 3.03. The quantitative estimate of drug-likeness (QED) is 0.644. The van der Waals surface area contributed by atoms with E-state index in [0.29, 0.717) is 0 Å². The number of nitrogens with zero attached hydrogens (tertiary/aromatic N) is 1. The van der Waals surface area contributed by atoms with Gasteiger partial charge in [-0.3, -0.25) is 0 Å². The van der Waals surface area contributed by atoms with Gasteiger partial charge in [-0.15, -0.1) is 0 Å². The molecule has 0 saturated carbocycles. The summed E-state index contributed by atoms with van der Waals surface area (Å²) in [5, 5.41) is 3.94. The first kappa shape index (κ1) is 7.92. The Morgan fingerprint density at radius 2 is 2.18 bits per heavy atom. The number of oxime groups is 1. The highest BCUT2D eigenvalue weighted by atomic mass is 79.9. The van der Waals surface area contributed by atoms with Crippen LogP contribution in [0.15, 0.2) is 5.16 Å². The van der Waals surface area contributed by atoms with Crippen LogP contribution in [0.3, 0.4) is 0 Å². The Balaban J connectivity index is 2.01. The summed E-state index contributed by atoms with van der Waals surface area (Å²) in [6.07, 6.45) is 3.28. The lowest BCUT2D eigenvalue weighted by molar-refractivity contribution is -0.0245. The van der Waals surface area contributed by atoms with Crippen LogP contribution in [0, 0.1) is 0 Å². The molecule has 0 amide bonds. The van der Waals surface area contributed by atoms with Crippen molar-refractivity contribution in [3.05, 3.63) is 0 Å². The number of thioether (sulfide) groups is 1. The molecule has 2 aliphatic rings. The highest BCUT2D eigenvalue weighted by Gasteiger charge is 2.39. The maximum absolute atomic E-state index is 5.42. The summed E-state index contributed by atoms with van der Waals surface area (Å²) in [6.45, 7) is 0. The SMILES string of the molecule is BrC1=NOC2(CCSCC2)C1. The van der Waals surface area contributed by atoms with Crippen molar-refractivity contribution in [2.75, 3.05) is 11.5 Å². The number of rotatable bonds is 0. The Morgan fingerprint density at radius 1 is 1.45 bits per heavy atom. The van der Waals surface area contributed by atoms with Crippen LogP contribution in [0.1, 0.15) is 19.3 Å². The van der Waals surface area contributed by atoms with Gasteiger partial charge in [-0.1, -0.05) is 5.16 Å². The van der Waals surface area contributed by atoms with Crippen molar-refractivity contribution < 1.29 is 4.84 Å². The molecule has 4 heteroatoms. The molecule has 11 heavy (non-hydrogen) atoms. The van der Waals surface area contributed by atoms with E-state index in [1.807, 2.05) is 11.8 Å². The maximum atomic E-state index is 5.42. The van der Waals surface area contributed by atoms with Crippen LogP contribution < -0.4 is 0 Å². The maximum Gasteiger partial charge on any atom is 0.145 e. The minimum Gasteiger partial charge on any atom is -0.388 e. The Labute approximate surface area is 78.9 Å². The zero-order valence-corrected chi connectivity index (χ0v) is 8.58. The molecular weight excluding hydrogens is 226 g/mol. The summed E-state index contributed by atoms with van der Waals surface area (Å²) >= 11 is 5.38. The zero-order chi connectivity index (χ0) is 7.73. The first-order chi connectivity index (χ1) is 5.31. The third-order valence-corrected chi connectivity index (χ3v) is 3.62. The van der Waals surface area contributed by atoms with Crippen LogP contribution >= 0.6 is 27.7 Å². The van der Waals surface area contributed by atoms with Gasteiger partial charge < -0.3 is 4.84 Å². The van der Waals surface area contributed by atoms with Crippen LogP contribution in [0.4, 0.5) is 0 Å². The van der Waals surface area contributed by atoms with E-state index in [9.17, 15) is 0 Å². The Bertz CT molecular complexity index is 189. The topological polar surface area (TPSA) is 21.6 Å². The zero-order valence-electron chi connectivity index (χ0n) is 6.18. The lowest BCUT2D eigenvalue weighted by atomic mass is 9.94. The summed E-state index contributed by atoms with van der Waals surface area (Å²) in [4.78, 5) is 5.42. The molecule has 0 aromatic rings. The van der Waals surface area contributed by atoms with Gasteiger partial charge >= 0.3 is 0 Å². The van der Waals surface area contributed by atoms with Crippen molar-refractivity contribution >= 4 is 32.3 Å². The van der Waals surface area contributed by atoms with Crippen LogP contribution in [0.5, 0.6) is 0 Å². The molecule has 2 aliphatic heterocycles. The van der Waals surface area contributed by atoms with Gasteiger partial charge in [-0.05, 0) is 40.3 Å². The minimum absolute atomic E-state index is 0.0735. The van der Waals surface area contributed by atoms with Crippen molar-refractivity contribution in [3.8, 4) is 0 Å². The average molecular weight is 236 g/mol. The average Bonchev–Trinajstić information content (AvgIpc) is 2.34. The number of halogens is 1. The Kier molecular flexibility index (Phi) is 2.14. The lowest BCUT2D eigenvalue weighted by Gasteiger charge is -2.29. The fourth-order valence-corrected chi connectivity index (χ4v) is 3.31.